The van der Waals surface area contributed by atoms with E-state index in [1.165, 1.54) is 19.3 Å². The van der Waals surface area contributed by atoms with Crippen LogP contribution >= 0.6 is 0 Å². The van der Waals surface area contributed by atoms with E-state index >= 15 is 0 Å². The molecular formula is C24H23N5O3. The Bertz CT molecular complexity index is 1250. The first-order valence-electron chi connectivity index (χ1n) is 11.1. The van der Waals surface area contributed by atoms with E-state index in [0.717, 1.165) is 41.1 Å². The number of hydrogen-bond acceptors (Lipinski definition) is 6. The van der Waals surface area contributed by atoms with Gasteiger partial charge >= 0.3 is 0 Å². The van der Waals surface area contributed by atoms with E-state index in [-0.39, 0.29) is 11.9 Å². The van der Waals surface area contributed by atoms with Crippen molar-refractivity contribution >= 4 is 11.6 Å². The molecule has 6 rings (SSSR count). The lowest BCUT2D eigenvalue weighted by Crippen LogP contribution is -2.33. The van der Waals surface area contributed by atoms with Crippen molar-refractivity contribution in [3.8, 4) is 22.6 Å². The number of hydrogen-bond donors (Lipinski definition) is 1. The second-order valence-electron chi connectivity index (χ2n) is 8.63. The number of amides is 1. The van der Waals surface area contributed by atoms with Crippen LogP contribution in [0.4, 0.5) is 5.69 Å². The van der Waals surface area contributed by atoms with Crippen LogP contribution in [-0.4, -0.2) is 26.4 Å². The van der Waals surface area contributed by atoms with Crippen molar-refractivity contribution in [3.05, 3.63) is 59.7 Å². The molecule has 1 aliphatic heterocycles. The lowest BCUT2D eigenvalue weighted by molar-refractivity contribution is 0.0977. The maximum Gasteiger partial charge on any atom is 0.277 e. The number of carbonyl (C=O) groups is 1. The minimum Gasteiger partial charge on any atom is -0.364 e. The summed E-state index contributed by atoms with van der Waals surface area (Å²) in [5, 5.41) is 15.7. The standard InChI is InChI=1S/C24H23N5O3/c1-14-13-19(28-32-14)21-20-22(26-25-21)24(30)29(23(20)16-5-3-2-4-6-16)17-9-7-15(8-10-17)18-11-12-31-27-18/h7-13,16,23H,2-6H2,1H3,(H,25,26). The van der Waals surface area contributed by atoms with E-state index in [1.807, 2.05) is 48.2 Å². The van der Waals surface area contributed by atoms with Crippen molar-refractivity contribution in [2.24, 2.45) is 5.92 Å². The molecule has 0 radical (unpaired) electrons. The molecule has 1 N–H and O–H groups in total. The average molecular weight is 429 g/mol. The minimum absolute atomic E-state index is 0.0521. The number of aromatic nitrogens is 4. The Morgan fingerprint density at radius 2 is 1.84 bits per heavy atom. The van der Waals surface area contributed by atoms with Crippen LogP contribution in [0.5, 0.6) is 0 Å². The predicted octanol–water partition coefficient (Wildman–Crippen LogP) is 5.31. The molecule has 32 heavy (non-hydrogen) atoms. The number of aryl methyl sites for hydroxylation is 1. The molecule has 1 atom stereocenters. The van der Waals surface area contributed by atoms with Crippen molar-refractivity contribution in [3.63, 3.8) is 0 Å². The third-order valence-corrected chi connectivity index (χ3v) is 6.66. The molecule has 1 amide bonds. The van der Waals surface area contributed by atoms with Crippen LogP contribution in [-0.2, 0) is 0 Å². The van der Waals surface area contributed by atoms with Crippen LogP contribution < -0.4 is 4.90 Å². The Morgan fingerprint density at radius 1 is 1.03 bits per heavy atom. The Hall–Kier alpha value is -3.68. The number of nitrogens with zero attached hydrogens (tertiary/aromatic N) is 4. The zero-order chi connectivity index (χ0) is 21.7. The third-order valence-electron chi connectivity index (χ3n) is 6.66. The highest BCUT2D eigenvalue weighted by atomic mass is 16.5. The Morgan fingerprint density at radius 3 is 2.53 bits per heavy atom. The molecule has 1 fully saturated rings. The maximum atomic E-state index is 13.6. The first kappa shape index (κ1) is 19.0. The quantitative estimate of drug-likeness (QED) is 0.472. The number of rotatable bonds is 4. The molecule has 8 nitrogen and oxygen atoms in total. The lowest BCUT2D eigenvalue weighted by Gasteiger charge is -2.34. The van der Waals surface area contributed by atoms with Crippen molar-refractivity contribution in [1.29, 1.82) is 0 Å². The normalized spacial score (nSPS) is 19.0. The van der Waals surface area contributed by atoms with Gasteiger partial charge in [-0.25, -0.2) is 0 Å². The molecule has 0 saturated heterocycles. The van der Waals surface area contributed by atoms with Crippen LogP contribution in [0.1, 0.15) is 60.0 Å². The Kier molecular flexibility index (Phi) is 4.45. The van der Waals surface area contributed by atoms with E-state index in [0.29, 0.717) is 23.0 Å². The number of carbonyl (C=O) groups excluding carboxylic acids is 1. The molecule has 4 heterocycles. The molecule has 2 aliphatic rings. The Balaban J connectivity index is 1.44. The molecule has 0 bridgehead atoms. The third kappa shape index (κ3) is 2.97. The van der Waals surface area contributed by atoms with Gasteiger partial charge in [-0.1, -0.05) is 41.7 Å². The predicted molar refractivity (Wildman–Crippen MR) is 117 cm³/mol. The fourth-order valence-corrected chi connectivity index (χ4v) is 5.18. The largest absolute Gasteiger partial charge is 0.364 e. The van der Waals surface area contributed by atoms with Gasteiger partial charge in [0.25, 0.3) is 5.91 Å². The van der Waals surface area contributed by atoms with Gasteiger partial charge in [0, 0.05) is 28.9 Å². The maximum absolute atomic E-state index is 13.6. The summed E-state index contributed by atoms with van der Waals surface area (Å²) in [5.74, 6) is 1.04. The second kappa shape index (κ2) is 7.47. The highest BCUT2D eigenvalue weighted by Gasteiger charge is 2.46. The van der Waals surface area contributed by atoms with Crippen molar-refractivity contribution in [1.82, 2.24) is 20.5 Å². The number of nitrogens with one attached hydrogen (secondary N) is 1. The van der Waals surface area contributed by atoms with Crippen molar-refractivity contribution in [2.45, 2.75) is 45.1 Å². The summed E-state index contributed by atoms with van der Waals surface area (Å²) in [6.45, 7) is 1.86. The SMILES string of the molecule is Cc1cc(-c2n[nH]c3c2C(C2CCCCC2)N(c2ccc(-c4ccon4)cc2)C3=O)no1. The highest BCUT2D eigenvalue weighted by Crippen LogP contribution is 2.48. The zero-order valence-electron chi connectivity index (χ0n) is 17.7. The topological polar surface area (TPSA) is 101 Å². The molecule has 4 aromatic rings. The summed E-state index contributed by atoms with van der Waals surface area (Å²) >= 11 is 0. The van der Waals surface area contributed by atoms with Gasteiger partial charge in [-0.2, -0.15) is 5.10 Å². The fourth-order valence-electron chi connectivity index (χ4n) is 5.18. The van der Waals surface area contributed by atoms with Gasteiger partial charge in [0.1, 0.15) is 34.8 Å². The summed E-state index contributed by atoms with van der Waals surface area (Å²) in [4.78, 5) is 15.5. The van der Waals surface area contributed by atoms with E-state index in [2.05, 4.69) is 20.5 Å². The van der Waals surface area contributed by atoms with Gasteiger partial charge in [0.2, 0.25) is 0 Å². The molecule has 3 aromatic heterocycles. The molecule has 1 aromatic carbocycles. The number of anilines is 1. The van der Waals surface area contributed by atoms with Gasteiger partial charge in [-0.05, 0) is 37.8 Å². The fraction of sp³-hybridized carbons (Fsp3) is 0.333. The van der Waals surface area contributed by atoms with Crippen molar-refractivity contribution < 1.29 is 13.8 Å². The second-order valence-corrected chi connectivity index (χ2v) is 8.63. The van der Waals surface area contributed by atoms with E-state index in [9.17, 15) is 4.79 Å². The monoisotopic (exact) mass is 429 g/mol. The molecule has 1 aliphatic carbocycles. The summed E-state index contributed by atoms with van der Waals surface area (Å²) in [6.07, 6.45) is 7.34. The van der Waals surface area contributed by atoms with Crippen molar-refractivity contribution in [2.75, 3.05) is 4.90 Å². The first-order chi connectivity index (χ1) is 15.7. The summed E-state index contributed by atoms with van der Waals surface area (Å²) in [6, 6.07) is 11.5. The molecule has 162 valence electrons. The van der Waals surface area contributed by atoms with Crippen LogP contribution in [0.2, 0.25) is 0 Å². The van der Waals surface area contributed by atoms with Gasteiger partial charge in [-0.15, -0.1) is 0 Å². The zero-order valence-corrected chi connectivity index (χ0v) is 17.7. The van der Waals surface area contributed by atoms with Crippen LogP contribution in [0.3, 0.4) is 0 Å². The summed E-state index contributed by atoms with van der Waals surface area (Å²) < 4.78 is 10.3. The molecule has 8 heteroatoms. The number of H-pyrrole nitrogens is 1. The lowest BCUT2D eigenvalue weighted by atomic mass is 9.81. The highest BCUT2D eigenvalue weighted by molar-refractivity contribution is 6.11. The Labute approximate surface area is 184 Å². The van der Waals surface area contributed by atoms with Gasteiger partial charge in [0.05, 0.1) is 6.04 Å². The summed E-state index contributed by atoms with van der Waals surface area (Å²) in [7, 11) is 0. The average Bonchev–Trinajstić information content (AvgIpc) is 3.61. The van der Waals surface area contributed by atoms with E-state index in [1.54, 1.807) is 6.26 Å². The van der Waals surface area contributed by atoms with E-state index < -0.39 is 0 Å². The first-order valence-corrected chi connectivity index (χ1v) is 11.1. The molecule has 1 saturated carbocycles. The smallest absolute Gasteiger partial charge is 0.277 e. The molecule has 1 unspecified atom stereocenters. The number of aromatic amines is 1. The number of fused-ring (bicyclic) bond motifs is 1. The van der Waals surface area contributed by atoms with Crippen LogP contribution in [0.15, 0.2) is 51.7 Å². The molecular weight excluding hydrogens is 406 g/mol. The van der Waals surface area contributed by atoms with Crippen LogP contribution in [0, 0.1) is 12.8 Å². The van der Waals surface area contributed by atoms with Crippen LogP contribution in [0.25, 0.3) is 22.6 Å². The van der Waals surface area contributed by atoms with Gasteiger partial charge < -0.3 is 9.05 Å². The minimum atomic E-state index is -0.0820. The number of benzene rings is 1. The molecule has 0 spiro atoms. The van der Waals surface area contributed by atoms with Gasteiger partial charge in [0.15, 0.2) is 0 Å². The van der Waals surface area contributed by atoms with Gasteiger partial charge in [-0.3, -0.25) is 14.8 Å². The van der Waals surface area contributed by atoms with E-state index in [4.69, 9.17) is 9.05 Å². The summed E-state index contributed by atoms with van der Waals surface area (Å²) in [5.41, 5.74) is 5.45.